The number of hydrogen-bond donors (Lipinski definition) is 0. The zero-order chi connectivity index (χ0) is 28.7. The van der Waals surface area contributed by atoms with Crippen LogP contribution in [0.2, 0.25) is 0 Å². The molecule has 1 fully saturated rings. The summed E-state index contributed by atoms with van der Waals surface area (Å²) in [5.41, 5.74) is 3.47. The summed E-state index contributed by atoms with van der Waals surface area (Å²) in [5, 5.41) is 4.90. The average Bonchev–Trinajstić information content (AvgIpc) is 3.67. The number of halogens is 3. The normalized spacial score (nSPS) is 17.9. The lowest BCUT2D eigenvalue weighted by atomic mass is 9.97. The Labute approximate surface area is 232 Å². The van der Waals surface area contributed by atoms with Gasteiger partial charge in [-0.2, -0.15) is 5.10 Å². The van der Waals surface area contributed by atoms with Crippen molar-refractivity contribution in [3.8, 4) is 28.1 Å². The fraction of sp³-hybridized carbons (Fsp3) is 0.433. The Morgan fingerprint density at radius 3 is 2.50 bits per heavy atom. The van der Waals surface area contributed by atoms with E-state index in [0.717, 1.165) is 29.7 Å². The molecule has 1 atom stereocenters. The first-order chi connectivity index (χ1) is 18.9. The molecule has 0 radical (unpaired) electrons. The zero-order valence-corrected chi connectivity index (χ0v) is 23.2. The number of carbonyl (C=O) groups excluding carboxylic acids is 1. The predicted molar refractivity (Wildman–Crippen MR) is 146 cm³/mol. The molecule has 10 heteroatoms. The molecule has 0 spiro atoms. The summed E-state index contributed by atoms with van der Waals surface area (Å²) in [4.78, 5) is 21.8. The highest BCUT2D eigenvalue weighted by atomic mass is 19.4. The predicted octanol–water partition coefficient (Wildman–Crippen LogP) is 5.92. The van der Waals surface area contributed by atoms with Gasteiger partial charge in [-0.25, -0.2) is 0 Å². The molecule has 1 aliphatic heterocycles. The van der Waals surface area contributed by atoms with E-state index in [1.165, 1.54) is 18.2 Å². The van der Waals surface area contributed by atoms with Crippen LogP contribution in [0.3, 0.4) is 0 Å². The van der Waals surface area contributed by atoms with Crippen molar-refractivity contribution in [2.75, 3.05) is 13.6 Å². The van der Waals surface area contributed by atoms with E-state index in [2.05, 4.69) is 35.4 Å². The second-order valence-electron chi connectivity index (χ2n) is 11.5. The van der Waals surface area contributed by atoms with Gasteiger partial charge in [-0.15, -0.1) is 13.2 Å². The first-order valence-corrected chi connectivity index (χ1v) is 13.5. The molecule has 0 N–H and O–H groups in total. The highest BCUT2D eigenvalue weighted by Crippen LogP contribution is 2.43. The summed E-state index contributed by atoms with van der Waals surface area (Å²) < 4.78 is 44.9. The minimum absolute atomic E-state index is 0.00272. The lowest BCUT2D eigenvalue weighted by molar-refractivity contribution is -0.274. The molecule has 5 rings (SSSR count). The van der Waals surface area contributed by atoms with Gasteiger partial charge < -0.3 is 9.64 Å². The SMILES string of the molecule is CN(C/C=C/C(=O)N1Cc2c(-c3ccncc3)c(-c3cccc(OC(F)(F)F)c3)nn2C[C@@H]1C1CC1)C(C)(C)C. The third kappa shape index (κ3) is 6.22. The van der Waals surface area contributed by atoms with Gasteiger partial charge in [0, 0.05) is 41.7 Å². The van der Waals surface area contributed by atoms with E-state index >= 15 is 0 Å². The summed E-state index contributed by atoms with van der Waals surface area (Å²) >= 11 is 0. The maximum absolute atomic E-state index is 13.5. The van der Waals surface area contributed by atoms with Crippen molar-refractivity contribution in [3.05, 3.63) is 66.6 Å². The van der Waals surface area contributed by atoms with E-state index in [4.69, 9.17) is 5.10 Å². The van der Waals surface area contributed by atoms with Gasteiger partial charge in [0.1, 0.15) is 11.4 Å². The number of pyridine rings is 1. The highest BCUT2D eigenvalue weighted by molar-refractivity contribution is 5.89. The van der Waals surface area contributed by atoms with Crippen molar-refractivity contribution in [3.63, 3.8) is 0 Å². The van der Waals surface area contributed by atoms with Gasteiger partial charge in [-0.1, -0.05) is 18.2 Å². The molecule has 1 aliphatic carbocycles. The van der Waals surface area contributed by atoms with E-state index in [9.17, 15) is 18.0 Å². The second kappa shape index (κ2) is 10.7. The van der Waals surface area contributed by atoms with Crippen LogP contribution in [0.4, 0.5) is 13.2 Å². The molecule has 3 aromatic rings. The monoisotopic (exact) mass is 553 g/mol. The highest BCUT2D eigenvalue weighted by Gasteiger charge is 2.42. The third-order valence-corrected chi connectivity index (χ3v) is 7.68. The lowest BCUT2D eigenvalue weighted by Crippen LogP contribution is -2.47. The smallest absolute Gasteiger partial charge is 0.406 e. The largest absolute Gasteiger partial charge is 0.573 e. The van der Waals surface area contributed by atoms with Crippen LogP contribution in [0.1, 0.15) is 39.3 Å². The van der Waals surface area contributed by atoms with Crippen LogP contribution in [0, 0.1) is 5.92 Å². The maximum atomic E-state index is 13.5. The van der Waals surface area contributed by atoms with Gasteiger partial charge in [-0.05, 0) is 76.4 Å². The van der Waals surface area contributed by atoms with E-state index in [1.54, 1.807) is 24.5 Å². The quantitative estimate of drug-likeness (QED) is 0.340. The van der Waals surface area contributed by atoms with Gasteiger partial charge in [-0.3, -0.25) is 19.4 Å². The molecule has 40 heavy (non-hydrogen) atoms. The van der Waals surface area contributed by atoms with Gasteiger partial charge in [0.15, 0.2) is 0 Å². The molecule has 0 saturated heterocycles. The molecule has 212 valence electrons. The number of alkyl halides is 3. The molecule has 7 nitrogen and oxygen atoms in total. The number of rotatable bonds is 7. The maximum Gasteiger partial charge on any atom is 0.573 e. The van der Waals surface area contributed by atoms with Gasteiger partial charge in [0.25, 0.3) is 0 Å². The summed E-state index contributed by atoms with van der Waals surface area (Å²) in [6, 6.07) is 9.56. The van der Waals surface area contributed by atoms with Gasteiger partial charge in [0.2, 0.25) is 5.91 Å². The van der Waals surface area contributed by atoms with Gasteiger partial charge >= 0.3 is 6.36 Å². The zero-order valence-electron chi connectivity index (χ0n) is 23.2. The van der Waals surface area contributed by atoms with Crippen LogP contribution < -0.4 is 4.74 Å². The fourth-order valence-corrected chi connectivity index (χ4v) is 5.03. The first kappa shape index (κ1) is 27.9. The molecular weight excluding hydrogens is 519 g/mol. The Hall–Kier alpha value is -3.66. The van der Waals surface area contributed by atoms with E-state index in [0.29, 0.717) is 36.8 Å². The fourth-order valence-electron chi connectivity index (χ4n) is 5.03. The Balaban J connectivity index is 1.52. The molecular formula is C30H34F3N5O2. The van der Waals surface area contributed by atoms with Crippen molar-refractivity contribution >= 4 is 5.91 Å². The minimum atomic E-state index is -4.80. The lowest BCUT2D eigenvalue weighted by Gasteiger charge is -2.36. The number of benzene rings is 1. The molecule has 3 heterocycles. The minimum Gasteiger partial charge on any atom is -0.406 e. The van der Waals surface area contributed by atoms with Gasteiger partial charge in [0.05, 0.1) is 24.8 Å². The van der Waals surface area contributed by atoms with Crippen LogP contribution in [0.5, 0.6) is 5.75 Å². The Morgan fingerprint density at radius 2 is 1.85 bits per heavy atom. The first-order valence-electron chi connectivity index (χ1n) is 13.5. The summed E-state index contributed by atoms with van der Waals surface area (Å²) in [6.45, 7) is 7.90. The Morgan fingerprint density at radius 1 is 1.12 bits per heavy atom. The number of hydrogen-bond acceptors (Lipinski definition) is 5. The molecule has 0 bridgehead atoms. The number of ether oxygens (including phenoxy) is 1. The van der Waals surface area contributed by atoms with E-state index in [1.807, 2.05) is 34.8 Å². The number of fused-ring (bicyclic) bond motifs is 1. The summed E-state index contributed by atoms with van der Waals surface area (Å²) in [7, 11) is 2.03. The van der Waals surface area contributed by atoms with Crippen LogP contribution in [-0.4, -0.2) is 62.0 Å². The Kier molecular flexibility index (Phi) is 7.48. The number of carbonyl (C=O) groups is 1. The average molecular weight is 554 g/mol. The number of nitrogens with zero attached hydrogens (tertiary/aromatic N) is 5. The molecule has 1 amide bonds. The van der Waals surface area contributed by atoms with Crippen molar-refractivity contribution in [2.45, 2.75) is 64.6 Å². The molecule has 1 saturated carbocycles. The molecule has 1 aromatic carbocycles. The van der Waals surface area contributed by atoms with Crippen LogP contribution in [0.15, 0.2) is 60.9 Å². The van der Waals surface area contributed by atoms with Crippen LogP contribution in [0.25, 0.3) is 22.4 Å². The second-order valence-corrected chi connectivity index (χ2v) is 11.5. The number of amides is 1. The van der Waals surface area contributed by atoms with Crippen LogP contribution in [-0.2, 0) is 17.9 Å². The standard InChI is InChI=1S/C30H34F3N5O2/c1-29(2,3)36(4)16-6-9-26(39)37-18-25-27(21-12-14-34-15-13-21)28(35-38(25)19-24(37)20-10-11-20)22-7-5-8-23(17-22)40-30(31,32)33/h5-9,12-15,17,20,24H,10-11,16,18-19H2,1-4H3/b9-6+/t24-/m1/s1. The summed E-state index contributed by atoms with van der Waals surface area (Å²) in [5.74, 6) is 0.0485. The van der Waals surface area contributed by atoms with E-state index in [-0.39, 0.29) is 23.2 Å². The molecule has 2 aromatic heterocycles. The molecule has 2 aliphatic rings. The van der Waals surface area contributed by atoms with E-state index < -0.39 is 6.36 Å². The number of likely N-dealkylation sites (N-methyl/N-ethyl adjacent to an activating group) is 1. The summed E-state index contributed by atoms with van der Waals surface area (Å²) in [6.07, 6.45) is 4.22. The number of aromatic nitrogens is 3. The Bertz CT molecular complexity index is 1390. The van der Waals surface area contributed by atoms with Crippen LogP contribution >= 0.6 is 0 Å². The van der Waals surface area contributed by atoms with Crippen molar-refractivity contribution < 1.29 is 22.7 Å². The van der Waals surface area contributed by atoms with Crippen molar-refractivity contribution in [2.24, 2.45) is 5.92 Å². The topological polar surface area (TPSA) is 63.5 Å². The van der Waals surface area contributed by atoms with Crippen molar-refractivity contribution in [1.29, 1.82) is 0 Å². The molecule has 0 unspecified atom stereocenters. The van der Waals surface area contributed by atoms with Crippen molar-refractivity contribution in [1.82, 2.24) is 24.6 Å². The third-order valence-electron chi connectivity index (χ3n) is 7.68.